The molecule has 0 radical (unpaired) electrons. The quantitative estimate of drug-likeness (QED) is 0.861. The number of amides is 1. The van der Waals surface area contributed by atoms with Crippen molar-refractivity contribution in [2.75, 3.05) is 7.11 Å². The largest absolute Gasteiger partial charge is 0.496 e. The minimum Gasteiger partial charge on any atom is -0.496 e. The van der Waals surface area contributed by atoms with E-state index in [1.54, 1.807) is 13.2 Å². The molecular formula is C16H18ClN3O2. The summed E-state index contributed by atoms with van der Waals surface area (Å²) in [4.78, 5) is 10.8. The van der Waals surface area contributed by atoms with Gasteiger partial charge in [0.1, 0.15) is 5.75 Å². The fraction of sp³-hybridized carbons (Fsp3) is 0.250. The molecule has 0 saturated carbocycles. The third kappa shape index (κ3) is 3.49. The Labute approximate surface area is 134 Å². The first-order valence-electron chi connectivity index (χ1n) is 6.76. The molecule has 1 aromatic heterocycles. The highest BCUT2D eigenvalue weighted by Crippen LogP contribution is 2.25. The normalized spacial score (nSPS) is 11.1. The zero-order valence-electron chi connectivity index (χ0n) is 12.8. The number of aryl methyl sites for hydroxylation is 1. The second kappa shape index (κ2) is 6.66. The number of primary amides is 1. The number of rotatable bonds is 5. The molecule has 0 aliphatic carbocycles. The molecule has 0 fully saturated rings. The number of carbonyl (C=O) groups is 1. The highest BCUT2D eigenvalue weighted by molar-refractivity contribution is 6.31. The number of carbonyl (C=O) groups excluding carboxylic acids is 1. The third-order valence-corrected chi connectivity index (χ3v) is 3.90. The molecule has 1 aromatic carbocycles. The van der Waals surface area contributed by atoms with Gasteiger partial charge in [-0.05, 0) is 37.6 Å². The molecule has 1 amide bonds. The molecule has 2 rings (SSSR count). The van der Waals surface area contributed by atoms with E-state index in [0.717, 1.165) is 28.3 Å². The molecule has 116 valence electrons. The van der Waals surface area contributed by atoms with Gasteiger partial charge in [-0.2, -0.15) is 5.10 Å². The van der Waals surface area contributed by atoms with Crippen molar-refractivity contribution in [1.82, 2.24) is 9.78 Å². The number of hydrogen-bond donors (Lipinski definition) is 1. The molecular weight excluding hydrogens is 302 g/mol. The van der Waals surface area contributed by atoms with Gasteiger partial charge in [0.25, 0.3) is 0 Å². The molecule has 0 bridgehead atoms. The Morgan fingerprint density at radius 2 is 2.18 bits per heavy atom. The molecule has 0 aliphatic heterocycles. The Hall–Kier alpha value is -2.27. The molecule has 0 saturated heterocycles. The molecule has 0 atom stereocenters. The smallest absolute Gasteiger partial charge is 0.241 e. The number of ether oxygens (including phenoxy) is 1. The summed E-state index contributed by atoms with van der Waals surface area (Å²) in [6, 6.07) is 5.64. The molecule has 2 N–H and O–H groups in total. The standard InChI is InChI=1S/C16H18ClN3O2/c1-10-16(17)11(2)20(19-10)9-13-8-12(5-7-15(18)21)4-6-14(13)22-3/h4-8H,9H2,1-3H3,(H2,18,21)/b7-5-. The number of nitrogens with zero attached hydrogens (tertiary/aromatic N) is 2. The summed E-state index contributed by atoms with van der Waals surface area (Å²) in [7, 11) is 1.62. The van der Waals surface area contributed by atoms with Crippen LogP contribution in [-0.4, -0.2) is 22.8 Å². The van der Waals surface area contributed by atoms with Crippen molar-refractivity contribution in [1.29, 1.82) is 0 Å². The molecule has 0 spiro atoms. The Morgan fingerprint density at radius 1 is 1.45 bits per heavy atom. The fourth-order valence-corrected chi connectivity index (χ4v) is 2.33. The topological polar surface area (TPSA) is 70.1 Å². The van der Waals surface area contributed by atoms with Gasteiger partial charge in [-0.3, -0.25) is 9.48 Å². The Morgan fingerprint density at radius 3 is 2.73 bits per heavy atom. The summed E-state index contributed by atoms with van der Waals surface area (Å²) in [5, 5.41) is 5.09. The van der Waals surface area contributed by atoms with Gasteiger partial charge in [0.15, 0.2) is 0 Å². The van der Waals surface area contributed by atoms with Gasteiger partial charge in [0, 0.05) is 11.6 Å². The Balaban J connectivity index is 2.37. The molecule has 22 heavy (non-hydrogen) atoms. The highest BCUT2D eigenvalue weighted by Gasteiger charge is 2.12. The minimum absolute atomic E-state index is 0.484. The number of methoxy groups -OCH3 is 1. The Kier molecular flexibility index (Phi) is 4.88. The van der Waals surface area contributed by atoms with E-state index in [1.165, 1.54) is 6.08 Å². The van der Waals surface area contributed by atoms with E-state index in [1.807, 2.05) is 36.7 Å². The summed E-state index contributed by atoms with van der Waals surface area (Å²) in [6.07, 6.45) is 2.99. The molecule has 0 aliphatic rings. The predicted molar refractivity (Wildman–Crippen MR) is 87.0 cm³/mol. The van der Waals surface area contributed by atoms with E-state index < -0.39 is 5.91 Å². The van der Waals surface area contributed by atoms with Crippen LogP contribution in [0.25, 0.3) is 6.08 Å². The molecule has 2 aromatic rings. The number of halogens is 1. The zero-order chi connectivity index (χ0) is 16.3. The first-order valence-corrected chi connectivity index (χ1v) is 7.14. The molecule has 6 heteroatoms. The van der Waals surface area contributed by atoms with E-state index in [9.17, 15) is 4.79 Å². The van der Waals surface area contributed by atoms with Crippen molar-refractivity contribution in [3.05, 3.63) is 51.8 Å². The first-order chi connectivity index (χ1) is 10.4. The monoisotopic (exact) mass is 319 g/mol. The van der Waals surface area contributed by atoms with Crippen molar-refractivity contribution in [3.8, 4) is 5.75 Å². The van der Waals surface area contributed by atoms with Crippen LogP contribution in [0.3, 0.4) is 0 Å². The zero-order valence-corrected chi connectivity index (χ0v) is 13.5. The first kappa shape index (κ1) is 16.1. The fourth-order valence-electron chi connectivity index (χ4n) is 2.19. The third-order valence-electron chi connectivity index (χ3n) is 3.36. The van der Waals surface area contributed by atoms with E-state index in [2.05, 4.69) is 5.10 Å². The minimum atomic E-state index is -0.484. The van der Waals surface area contributed by atoms with Crippen LogP contribution in [0.5, 0.6) is 5.75 Å². The van der Waals surface area contributed by atoms with Crippen LogP contribution in [0, 0.1) is 13.8 Å². The lowest BCUT2D eigenvalue weighted by Gasteiger charge is -2.11. The molecule has 5 nitrogen and oxygen atoms in total. The van der Waals surface area contributed by atoms with Crippen LogP contribution in [0.15, 0.2) is 24.3 Å². The number of nitrogens with two attached hydrogens (primary N) is 1. The maximum absolute atomic E-state index is 10.8. The summed E-state index contributed by atoms with van der Waals surface area (Å²) in [5.41, 5.74) is 8.62. The van der Waals surface area contributed by atoms with Gasteiger partial charge in [-0.15, -0.1) is 0 Å². The predicted octanol–water partition coefficient (Wildman–Crippen LogP) is 2.71. The van der Waals surface area contributed by atoms with Crippen LogP contribution in [-0.2, 0) is 11.3 Å². The number of benzene rings is 1. The maximum Gasteiger partial charge on any atom is 0.241 e. The van der Waals surface area contributed by atoms with Gasteiger partial charge < -0.3 is 10.5 Å². The van der Waals surface area contributed by atoms with Crippen LogP contribution in [0.2, 0.25) is 5.02 Å². The van der Waals surface area contributed by atoms with Crippen molar-refractivity contribution in [3.63, 3.8) is 0 Å². The number of hydrogen-bond acceptors (Lipinski definition) is 3. The molecule has 0 unspecified atom stereocenters. The summed E-state index contributed by atoms with van der Waals surface area (Å²) < 4.78 is 7.22. The van der Waals surface area contributed by atoms with Gasteiger partial charge in [-0.1, -0.05) is 17.7 Å². The maximum atomic E-state index is 10.8. The average Bonchev–Trinajstić information content (AvgIpc) is 2.72. The van der Waals surface area contributed by atoms with Crippen molar-refractivity contribution in [2.24, 2.45) is 5.73 Å². The van der Waals surface area contributed by atoms with E-state index in [-0.39, 0.29) is 0 Å². The van der Waals surface area contributed by atoms with Gasteiger partial charge in [0.05, 0.1) is 30.1 Å². The van der Waals surface area contributed by atoms with Crippen LogP contribution >= 0.6 is 11.6 Å². The van der Waals surface area contributed by atoms with Crippen molar-refractivity contribution in [2.45, 2.75) is 20.4 Å². The summed E-state index contributed by atoms with van der Waals surface area (Å²) in [6.45, 7) is 4.32. The average molecular weight is 320 g/mol. The van der Waals surface area contributed by atoms with E-state index in [4.69, 9.17) is 22.1 Å². The SMILES string of the molecule is COc1ccc(/C=C\C(N)=O)cc1Cn1nc(C)c(Cl)c1C. The van der Waals surface area contributed by atoms with E-state index >= 15 is 0 Å². The van der Waals surface area contributed by atoms with Crippen LogP contribution < -0.4 is 10.5 Å². The summed E-state index contributed by atoms with van der Waals surface area (Å²) >= 11 is 6.18. The van der Waals surface area contributed by atoms with Gasteiger partial charge in [-0.25, -0.2) is 0 Å². The lowest BCUT2D eigenvalue weighted by Crippen LogP contribution is -2.06. The molecule has 1 heterocycles. The van der Waals surface area contributed by atoms with Gasteiger partial charge >= 0.3 is 0 Å². The van der Waals surface area contributed by atoms with Crippen LogP contribution in [0.4, 0.5) is 0 Å². The highest BCUT2D eigenvalue weighted by atomic mass is 35.5. The van der Waals surface area contributed by atoms with Gasteiger partial charge in [0.2, 0.25) is 5.91 Å². The number of aromatic nitrogens is 2. The van der Waals surface area contributed by atoms with E-state index in [0.29, 0.717) is 11.6 Å². The second-order valence-corrected chi connectivity index (χ2v) is 5.33. The van der Waals surface area contributed by atoms with Crippen LogP contribution in [0.1, 0.15) is 22.5 Å². The lowest BCUT2D eigenvalue weighted by atomic mass is 10.1. The second-order valence-electron chi connectivity index (χ2n) is 4.95. The van der Waals surface area contributed by atoms with Crippen molar-refractivity contribution < 1.29 is 9.53 Å². The Bertz CT molecular complexity index is 735. The van der Waals surface area contributed by atoms with Crippen molar-refractivity contribution >= 4 is 23.6 Å². The summed E-state index contributed by atoms with van der Waals surface area (Å²) in [5.74, 6) is 0.266. The lowest BCUT2D eigenvalue weighted by molar-refractivity contribution is -0.113.